The van der Waals surface area contributed by atoms with Crippen molar-refractivity contribution < 1.29 is 0 Å². The van der Waals surface area contributed by atoms with E-state index in [0.717, 1.165) is 29.0 Å². The molecule has 20 heavy (non-hydrogen) atoms. The first-order chi connectivity index (χ1) is 9.52. The number of rotatable bonds is 5. The molecule has 1 unspecified atom stereocenters. The molecule has 2 heterocycles. The minimum absolute atomic E-state index is 0.591. The summed E-state index contributed by atoms with van der Waals surface area (Å²) in [6.07, 6.45) is 2.84. The fraction of sp³-hybridized carbons (Fsp3) is 0.467. The third-order valence-electron chi connectivity index (χ3n) is 3.48. The average molecular weight is 337 g/mol. The van der Waals surface area contributed by atoms with Gasteiger partial charge in [-0.3, -0.25) is 0 Å². The van der Waals surface area contributed by atoms with Crippen molar-refractivity contribution in [3.05, 3.63) is 39.8 Å². The Kier molecular flexibility index (Phi) is 4.94. The SMILES string of the molecule is CNCC(C)Cc1c(C)nn(-c2ccc(Br)cn2)c1C. The molecular weight excluding hydrogens is 316 g/mol. The van der Waals surface area contributed by atoms with E-state index in [1.54, 1.807) is 6.20 Å². The maximum absolute atomic E-state index is 4.64. The fourth-order valence-corrected chi connectivity index (χ4v) is 2.69. The van der Waals surface area contributed by atoms with Crippen LogP contribution in [0, 0.1) is 19.8 Å². The Labute approximate surface area is 128 Å². The lowest BCUT2D eigenvalue weighted by atomic mass is 10.00. The first-order valence-electron chi connectivity index (χ1n) is 6.84. The molecule has 0 bridgehead atoms. The standard InChI is InChI=1S/C15H21BrN4/c1-10(8-17-4)7-14-11(2)19-20(12(14)3)15-6-5-13(16)9-18-15/h5-6,9-10,17H,7-8H2,1-4H3. The van der Waals surface area contributed by atoms with Crippen LogP contribution >= 0.6 is 15.9 Å². The van der Waals surface area contributed by atoms with Crippen LogP contribution in [-0.2, 0) is 6.42 Å². The number of nitrogens with one attached hydrogen (secondary N) is 1. The second-order valence-corrected chi connectivity index (χ2v) is 6.18. The summed E-state index contributed by atoms with van der Waals surface area (Å²) in [5, 5.41) is 7.87. The Balaban J connectivity index is 2.31. The summed E-state index contributed by atoms with van der Waals surface area (Å²) in [6.45, 7) is 7.46. The molecule has 5 heteroatoms. The van der Waals surface area contributed by atoms with E-state index in [1.165, 1.54) is 11.3 Å². The zero-order chi connectivity index (χ0) is 14.7. The molecule has 2 aromatic heterocycles. The number of hydrogen-bond acceptors (Lipinski definition) is 3. The molecular formula is C15H21BrN4. The van der Waals surface area contributed by atoms with Crippen LogP contribution in [0.3, 0.4) is 0 Å². The summed E-state index contributed by atoms with van der Waals surface area (Å²) < 4.78 is 2.91. The molecule has 0 fully saturated rings. The Morgan fingerprint density at radius 1 is 1.35 bits per heavy atom. The Hall–Kier alpha value is -1.20. The highest BCUT2D eigenvalue weighted by molar-refractivity contribution is 9.10. The topological polar surface area (TPSA) is 42.7 Å². The zero-order valence-electron chi connectivity index (χ0n) is 12.4. The second-order valence-electron chi connectivity index (χ2n) is 5.26. The monoisotopic (exact) mass is 336 g/mol. The van der Waals surface area contributed by atoms with Gasteiger partial charge in [-0.05, 0) is 73.4 Å². The van der Waals surface area contributed by atoms with Gasteiger partial charge in [-0.25, -0.2) is 9.67 Å². The Morgan fingerprint density at radius 2 is 2.10 bits per heavy atom. The van der Waals surface area contributed by atoms with Crippen molar-refractivity contribution in [1.29, 1.82) is 0 Å². The van der Waals surface area contributed by atoms with E-state index in [0.29, 0.717) is 5.92 Å². The van der Waals surface area contributed by atoms with Crippen LogP contribution in [0.25, 0.3) is 5.82 Å². The quantitative estimate of drug-likeness (QED) is 0.912. The van der Waals surface area contributed by atoms with Gasteiger partial charge in [0.25, 0.3) is 0 Å². The van der Waals surface area contributed by atoms with E-state index in [9.17, 15) is 0 Å². The van der Waals surface area contributed by atoms with E-state index in [4.69, 9.17) is 0 Å². The lowest BCUT2D eigenvalue weighted by Gasteiger charge is -2.11. The minimum atomic E-state index is 0.591. The Bertz CT molecular complexity index is 574. The van der Waals surface area contributed by atoms with Crippen LogP contribution in [0.2, 0.25) is 0 Å². The highest BCUT2D eigenvalue weighted by Gasteiger charge is 2.15. The van der Waals surface area contributed by atoms with Gasteiger partial charge in [-0.2, -0.15) is 5.10 Å². The normalized spacial score (nSPS) is 12.7. The van der Waals surface area contributed by atoms with Gasteiger partial charge in [0.15, 0.2) is 5.82 Å². The van der Waals surface area contributed by atoms with Gasteiger partial charge in [0.2, 0.25) is 0 Å². The molecule has 0 saturated heterocycles. The molecule has 0 spiro atoms. The smallest absolute Gasteiger partial charge is 0.153 e. The van der Waals surface area contributed by atoms with Gasteiger partial charge in [0.05, 0.1) is 5.69 Å². The number of hydrogen-bond donors (Lipinski definition) is 1. The van der Waals surface area contributed by atoms with Gasteiger partial charge >= 0.3 is 0 Å². The number of halogens is 1. The largest absolute Gasteiger partial charge is 0.319 e. The van der Waals surface area contributed by atoms with E-state index in [-0.39, 0.29) is 0 Å². The molecule has 1 N–H and O–H groups in total. The third kappa shape index (κ3) is 3.27. The lowest BCUT2D eigenvalue weighted by molar-refractivity contribution is 0.539. The van der Waals surface area contributed by atoms with Crippen LogP contribution in [0.4, 0.5) is 0 Å². The van der Waals surface area contributed by atoms with Crippen LogP contribution in [-0.4, -0.2) is 28.4 Å². The predicted molar refractivity (Wildman–Crippen MR) is 85.3 cm³/mol. The number of pyridine rings is 1. The Morgan fingerprint density at radius 3 is 2.70 bits per heavy atom. The van der Waals surface area contributed by atoms with Crippen molar-refractivity contribution in [1.82, 2.24) is 20.1 Å². The van der Waals surface area contributed by atoms with E-state index >= 15 is 0 Å². The number of aromatic nitrogens is 3. The molecule has 2 aromatic rings. The van der Waals surface area contributed by atoms with Crippen molar-refractivity contribution in [2.24, 2.45) is 5.92 Å². The maximum Gasteiger partial charge on any atom is 0.153 e. The van der Waals surface area contributed by atoms with E-state index in [1.807, 2.05) is 23.9 Å². The lowest BCUT2D eigenvalue weighted by Crippen LogP contribution is -2.18. The van der Waals surface area contributed by atoms with Gasteiger partial charge in [0.1, 0.15) is 0 Å². The summed E-state index contributed by atoms with van der Waals surface area (Å²) in [4.78, 5) is 4.42. The molecule has 0 saturated carbocycles. The molecule has 108 valence electrons. The zero-order valence-corrected chi connectivity index (χ0v) is 14.0. The molecule has 0 radical (unpaired) electrons. The van der Waals surface area contributed by atoms with Crippen molar-refractivity contribution in [2.75, 3.05) is 13.6 Å². The molecule has 0 aromatic carbocycles. The van der Waals surface area contributed by atoms with Crippen LogP contribution in [0.1, 0.15) is 23.9 Å². The molecule has 1 atom stereocenters. The molecule has 0 amide bonds. The van der Waals surface area contributed by atoms with Gasteiger partial charge < -0.3 is 5.32 Å². The number of nitrogens with zero attached hydrogens (tertiary/aromatic N) is 3. The molecule has 0 aliphatic carbocycles. The van der Waals surface area contributed by atoms with E-state index < -0.39 is 0 Å². The van der Waals surface area contributed by atoms with Crippen LogP contribution < -0.4 is 5.32 Å². The van der Waals surface area contributed by atoms with Crippen molar-refractivity contribution >= 4 is 15.9 Å². The number of aryl methyl sites for hydroxylation is 1. The van der Waals surface area contributed by atoms with Crippen molar-refractivity contribution in [3.63, 3.8) is 0 Å². The first-order valence-corrected chi connectivity index (χ1v) is 7.63. The first kappa shape index (κ1) is 15.2. The van der Waals surface area contributed by atoms with Crippen LogP contribution in [0.5, 0.6) is 0 Å². The molecule has 4 nitrogen and oxygen atoms in total. The average Bonchev–Trinajstić information content (AvgIpc) is 2.68. The van der Waals surface area contributed by atoms with Gasteiger partial charge in [-0.1, -0.05) is 6.92 Å². The summed E-state index contributed by atoms with van der Waals surface area (Å²) in [6, 6.07) is 3.96. The molecule has 2 rings (SSSR count). The minimum Gasteiger partial charge on any atom is -0.319 e. The van der Waals surface area contributed by atoms with Crippen molar-refractivity contribution in [2.45, 2.75) is 27.2 Å². The fourth-order valence-electron chi connectivity index (χ4n) is 2.46. The highest BCUT2D eigenvalue weighted by atomic mass is 79.9. The van der Waals surface area contributed by atoms with Gasteiger partial charge in [-0.15, -0.1) is 0 Å². The summed E-state index contributed by atoms with van der Waals surface area (Å²) in [5.74, 6) is 1.45. The summed E-state index contributed by atoms with van der Waals surface area (Å²) in [5.41, 5.74) is 3.60. The van der Waals surface area contributed by atoms with Crippen LogP contribution in [0.15, 0.2) is 22.8 Å². The maximum atomic E-state index is 4.64. The molecule has 0 aliphatic rings. The highest BCUT2D eigenvalue weighted by Crippen LogP contribution is 2.20. The van der Waals surface area contributed by atoms with Gasteiger partial charge in [0, 0.05) is 16.4 Å². The second kappa shape index (κ2) is 6.50. The molecule has 0 aliphatic heterocycles. The third-order valence-corrected chi connectivity index (χ3v) is 3.94. The van der Waals surface area contributed by atoms with E-state index in [2.05, 4.69) is 52.1 Å². The predicted octanol–water partition coefficient (Wildman–Crippen LogP) is 3.04. The summed E-state index contributed by atoms with van der Waals surface area (Å²) in [7, 11) is 1.99. The van der Waals surface area contributed by atoms with Crippen molar-refractivity contribution in [3.8, 4) is 5.82 Å². The summed E-state index contributed by atoms with van der Waals surface area (Å²) >= 11 is 3.41.